The standard InChI is InChI=1S/C15H11NO4/c17-11-7-8-5-6-12(20-8)13(11)16-14(18)9-3-1-2-4-10(9)15(16)19/h1-6,8,12-13H,7H2/t8-,12+,13+/m1/s1. The predicted molar refractivity (Wildman–Crippen MR) is 68.2 cm³/mol. The number of nitrogens with zero attached hydrogens (tertiary/aromatic N) is 1. The van der Waals surface area contributed by atoms with Gasteiger partial charge in [0.25, 0.3) is 11.8 Å². The van der Waals surface area contributed by atoms with Crippen molar-refractivity contribution in [2.45, 2.75) is 24.7 Å². The van der Waals surface area contributed by atoms with Crippen LogP contribution in [0.4, 0.5) is 0 Å². The topological polar surface area (TPSA) is 63.7 Å². The molecule has 20 heavy (non-hydrogen) atoms. The van der Waals surface area contributed by atoms with Gasteiger partial charge in [-0.1, -0.05) is 24.3 Å². The van der Waals surface area contributed by atoms with E-state index in [4.69, 9.17) is 4.74 Å². The molecule has 3 atom stereocenters. The third-order valence-corrected chi connectivity index (χ3v) is 3.99. The molecule has 3 heterocycles. The highest BCUT2D eigenvalue weighted by atomic mass is 16.5. The van der Waals surface area contributed by atoms with Gasteiger partial charge in [0, 0.05) is 6.42 Å². The summed E-state index contributed by atoms with van der Waals surface area (Å²) >= 11 is 0. The molecule has 3 aliphatic rings. The summed E-state index contributed by atoms with van der Waals surface area (Å²) in [6.07, 6.45) is 3.08. The Morgan fingerprint density at radius 1 is 1.00 bits per heavy atom. The van der Waals surface area contributed by atoms with Crippen molar-refractivity contribution in [1.82, 2.24) is 4.90 Å². The van der Waals surface area contributed by atoms with E-state index in [1.165, 1.54) is 0 Å². The molecule has 2 bridgehead atoms. The van der Waals surface area contributed by atoms with Gasteiger partial charge in [-0.2, -0.15) is 0 Å². The fourth-order valence-electron chi connectivity index (χ4n) is 3.08. The van der Waals surface area contributed by atoms with Crippen molar-refractivity contribution >= 4 is 17.6 Å². The first-order chi connectivity index (χ1) is 9.66. The van der Waals surface area contributed by atoms with Crippen LogP contribution < -0.4 is 0 Å². The number of Topliss-reactive ketones (excluding diaryl/α,β-unsaturated/α-hetero) is 1. The Balaban J connectivity index is 1.77. The lowest BCUT2D eigenvalue weighted by molar-refractivity contribution is -0.136. The maximum Gasteiger partial charge on any atom is 0.262 e. The van der Waals surface area contributed by atoms with Crippen LogP contribution in [0, 0.1) is 0 Å². The van der Waals surface area contributed by atoms with Gasteiger partial charge < -0.3 is 4.74 Å². The van der Waals surface area contributed by atoms with E-state index in [1.54, 1.807) is 30.3 Å². The molecular formula is C15H11NO4. The molecule has 5 heteroatoms. The number of ether oxygens (including phenoxy) is 1. The summed E-state index contributed by atoms with van der Waals surface area (Å²) < 4.78 is 5.61. The Kier molecular flexibility index (Phi) is 2.23. The predicted octanol–water partition coefficient (Wildman–Crippen LogP) is 0.948. The quantitative estimate of drug-likeness (QED) is 0.562. The third-order valence-electron chi connectivity index (χ3n) is 3.99. The molecule has 0 aliphatic carbocycles. The second-order valence-corrected chi connectivity index (χ2v) is 5.17. The zero-order valence-electron chi connectivity index (χ0n) is 10.5. The van der Waals surface area contributed by atoms with Crippen LogP contribution in [0.1, 0.15) is 27.1 Å². The number of fused-ring (bicyclic) bond motifs is 3. The summed E-state index contributed by atoms with van der Waals surface area (Å²) in [5.74, 6) is -0.941. The largest absolute Gasteiger partial charge is 0.364 e. The van der Waals surface area contributed by atoms with Gasteiger partial charge in [0.2, 0.25) is 0 Å². The second kappa shape index (κ2) is 3.86. The van der Waals surface area contributed by atoms with Crippen molar-refractivity contribution in [3.05, 3.63) is 47.5 Å². The number of hydrogen-bond acceptors (Lipinski definition) is 4. The molecule has 5 nitrogen and oxygen atoms in total. The van der Waals surface area contributed by atoms with Gasteiger partial charge in [-0.3, -0.25) is 19.3 Å². The fraction of sp³-hybridized carbons (Fsp3) is 0.267. The van der Waals surface area contributed by atoms with Crippen molar-refractivity contribution < 1.29 is 19.1 Å². The Morgan fingerprint density at radius 2 is 1.65 bits per heavy atom. The molecule has 0 unspecified atom stereocenters. The Bertz CT molecular complexity index is 643. The third kappa shape index (κ3) is 1.38. The first kappa shape index (κ1) is 11.5. The molecule has 0 radical (unpaired) electrons. The Morgan fingerprint density at radius 3 is 2.30 bits per heavy atom. The highest BCUT2D eigenvalue weighted by molar-refractivity contribution is 6.23. The molecule has 1 aromatic rings. The van der Waals surface area contributed by atoms with E-state index in [-0.39, 0.29) is 18.3 Å². The van der Waals surface area contributed by atoms with Gasteiger partial charge >= 0.3 is 0 Å². The van der Waals surface area contributed by atoms with E-state index < -0.39 is 24.0 Å². The molecule has 0 spiro atoms. The number of hydrogen-bond donors (Lipinski definition) is 0. The van der Waals surface area contributed by atoms with Crippen LogP contribution in [0.5, 0.6) is 0 Å². The zero-order chi connectivity index (χ0) is 13.9. The van der Waals surface area contributed by atoms with E-state index in [9.17, 15) is 14.4 Å². The molecule has 1 fully saturated rings. The van der Waals surface area contributed by atoms with E-state index in [0.29, 0.717) is 11.1 Å². The van der Waals surface area contributed by atoms with Crippen LogP contribution >= 0.6 is 0 Å². The molecule has 3 aliphatic heterocycles. The van der Waals surface area contributed by atoms with Crippen LogP contribution in [0.15, 0.2) is 36.4 Å². The molecule has 1 saturated heterocycles. The van der Waals surface area contributed by atoms with Gasteiger partial charge in [0.1, 0.15) is 12.1 Å². The van der Waals surface area contributed by atoms with Crippen LogP contribution in [-0.4, -0.2) is 40.7 Å². The molecule has 0 N–H and O–H groups in total. The van der Waals surface area contributed by atoms with Gasteiger partial charge in [0.05, 0.1) is 17.2 Å². The van der Waals surface area contributed by atoms with E-state index in [2.05, 4.69) is 0 Å². The lowest BCUT2D eigenvalue weighted by atomic mass is 10.00. The molecule has 100 valence electrons. The molecule has 0 aromatic heterocycles. The summed E-state index contributed by atoms with van der Waals surface area (Å²) in [5.41, 5.74) is 0.712. The number of amides is 2. The number of ketones is 1. The van der Waals surface area contributed by atoms with Crippen molar-refractivity contribution in [3.63, 3.8) is 0 Å². The summed E-state index contributed by atoms with van der Waals surface area (Å²) in [4.78, 5) is 38.1. The molecular weight excluding hydrogens is 258 g/mol. The molecule has 0 saturated carbocycles. The molecule has 1 aromatic carbocycles. The van der Waals surface area contributed by atoms with Gasteiger partial charge in [-0.15, -0.1) is 0 Å². The number of benzene rings is 1. The van der Waals surface area contributed by atoms with Gasteiger partial charge in [0.15, 0.2) is 5.78 Å². The maximum atomic E-state index is 12.4. The van der Waals surface area contributed by atoms with Crippen molar-refractivity contribution in [3.8, 4) is 0 Å². The first-order valence-electron chi connectivity index (χ1n) is 6.50. The lowest BCUT2D eigenvalue weighted by Crippen LogP contribution is -2.54. The molecule has 4 rings (SSSR count). The van der Waals surface area contributed by atoms with Gasteiger partial charge in [-0.25, -0.2) is 0 Å². The van der Waals surface area contributed by atoms with Crippen LogP contribution in [0.3, 0.4) is 0 Å². The minimum Gasteiger partial charge on any atom is -0.364 e. The SMILES string of the molecule is O=C1C[C@H]2C=C[C@H](O2)[C@H]1N1C(=O)c2ccccc2C1=O. The highest BCUT2D eigenvalue weighted by Gasteiger charge is 2.49. The minimum atomic E-state index is -0.836. The van der Waals surface area contributed by atoms with E-state index in [1.807, 2.05) is 6.08 Å². The van der Waals surface area contributed by atoms with Crippen molar-refractivity contribution in [2.75, 3.05) is 0 Å². The Hall–Kier alpha value is -2.27. The fourth-order valence-corrected chi connectivity index (χ4v) is 3.08. The lowest BCUT2D eigenvalue weighted by Gasteiger charge is -2.33. The normalized spacial score (nSPS) is 31.1. The maximum absolute atomic E-state index is 12.4. The smallest absolute Gasteiger partial charge is 0.262 e. The van der Waals surface area contributed by atoms with E-state index in [0.717, 1.165) is 4.90 Å². The zero-order valence-corrected chi connectivity index (χ0v) is 10.5. The first-order valence-corrected chi connectivity index (χ1v) is 6.50. The highest BCUT2D eigenvalue weighted by Crippen LogP contribution is 2.33. The van der Waals surface area contributed by atoms with Crippen LogP contribution in [0.2, 0.25) is 0 Å². The summed E-state index contributed by atoms with van der Waals surface area (Å²) in [6, 6.07) is 5.79. The number of imide groups is 1. The minimum absolute atomic E-state index is 0.120. The van der Waals surface area contributed by atoms with Gasteiger partial charge in [-0.05, 0) is 12.1 Å². The summed E-state index contributed by atoms with van der Waals surface area (Å²) in [5, 5.41) is 0. The number of carbonyl (C=O) groups is 3. The summed E-state index contributed by atoms with van der Waals surface area (Å²) in [7, 11) is 0. The number of rotatable bonds is 1. The average molecular weight is 269 g/mol. The number of carbonyl (C=O) groups excluding carboxylic acids is 3. The van der Waals surface area contributed by atoms with Crippen LogP contribution in [-0.2, 0) is 9.53 Å². The van der Waals surface area contributed by atoms with Crippen molar-refractivity contribution in [2.24, 2.45) is 0 Å². The summed E-state index contributed by atoms with van der Waals surface area (Å²) in [6.45, 7) is 0. The van der Waals surface area contributed by atoms with E-state index >= 15 is 0 Å². The molecule has 2 amide bonds. The van der Waals surface area contributed by atoms with Crippen LogP contribution in [0.25, 0.3) is 0 Å². The second-order valence-electron chi connectivity index (χ2n) is 5.17. The van der Waals surface area contributed by atoms with Crippen molar-refractivity contribution in [1.29, 1.82) is 0 Å². The average Bonchev–Trinajstić information content (AvgIpc) is 2.94. The Labute approximate surface area is 114 Å². The monoisotopic (exact) mass is 269 g/mol.